The Bertz CT molecular complexity index is 480. The van der Waals surface area contributed by atoms with Crippen LogP contribution < -0.4 is 16.0 Å². The van der Waals surface area contributed by atoms with E-state index < -0.39 is 12.1 Å². The van der Waals surface area contributed by atoms with Crippen molar-refractivity contribution in [3.8, 4) is 0 Å². The highest BCUT2D eigenvalue weighted by atomic mass is 16.2. The highest BCUT2D eigenvalue weighted by Crippen LogP contribution is 2.06. The standard InChI is InChI=1S/C16H25N3O2/c1-11(14(20)18-13-9-7-6-8-10-13)17-12(2)15(21)19-16(3,4)5/h6-12,17H,1-5H3,(H,18,20)(H,19,21). The quantitative estimate of drug-likeness (QED) is 0.776. The minimum atomic E-state index is -0.467. The molecule has 0 spiro atoms. The number of para-hydroxylation sites is 1. The van der Waals surface area contributed by atoms with Crippen LogP contribution in [0.4, 0.5) is 5.69 Å². The molecule has 5 nitrogen and oxygen atoms in total. The van der Waals surface area contributed by atoms with Crippen LogP contribution in [0.3, 0.4) is 0 Å². The summed E-state index contributed by atoms with van der Waals surface area (Å²) < 4.78 is 0. The second-order valence-corrected chi connectivity index (χ2v) is 6.20. The first-order chi connectivity index (χ1) is 9.69. The molecule has 0 bridgehead atoms. The zero-order valence-electron chi connectivity index (χ0n) is 13.4. The Kier molecular flexibility index (Phi) is 5.90. The number of hydrogen-bond donors (Lipinski definition) is 3. The summed E-state index contributed by atoms with van der Waals surface area (Å²) >= 11 is 0. The second kappa shape index (κ2) is 7.22. The molecule has 0 aliphatic heterocycles. The van der Waals surface area contributed by atoms with Gasteiger partial charge in [0.25, 0.3) is 0 Å². The van der Waals surface area contributed by atoms with Gasteiger partial charge in [0.1, 0.15) is 0 Å². The summed E-state index contributed by atoms with van der Waals surface area (Å²) in [5.74, 6) is -0.293. The fourth-order valence-electron chi connectivity index (χ4n) is 1.78. The molecule has 1 aromatic carbocycles. The smallest absolute Gasteiger partial charge is 0.241 e. The van der Waals surface area contributed by atoms with Crippen molar-refractivity contribution in [1.29, 1.82) is 0 Å². The Morgan fingerprint density at radius 3 is 2.00 bits per heavy atom. The minimum Gasteiger partial charge on any atom is -0.350 e. The molecule has 0 aliphatic rings. The van der Waals surface area contributed by atoms with Gasteiger partial charge in [-0.3, -0.25) is 14.9 Å². The fourth-order valence-corrected chi connectivity index (χ4v) is 1.78. The van der Waals surface area contributed by atoms with Gasteiger partial charge in [0.05, 0.1) is 12.1 Å². The van der Waals surface area contributed by atoms with Crippen LogP contribution in [0.2, 0.25) is 0 Å². The number of hydrogen-bond acceptors (Lipinski definition) is 3. The Morgan fingerprint density at radius 1 is 0.952 bits per heavy atom. The largest absolute Gasteiger partial charge is 0.350 e. The third kappa shape index (κ3) is 6.40. The highest BCUT2D eigenvalue weighted by Gasteiger charge is 2.22. The van der Waals surface area contributed by atoms with Crippen LogP contribution in [0.25, 0.3) is 0 Å². The maximum Gasteiger partial charge on any atom is 0.241 e. The van der Waals surface area contributed by atoms with Gasteiger partial charge in [0.2, 0.25) is 11.8 Å². The van der Waals surface area contributed by atoms with Crippen molar-refractivity contribution in [3.63, 3.8) is 0 Å². The molecule has 1 rings (SSSR count). The van der Waals surface area contributed by atoms with Crippen LogP contribution in [0, 0.1) is 0 Å². The van der Waals surface area contributed by atoms with Crippen molar-refractivity contribution in [1.82, 2.24) is 10.6 Å². The summed E-state index contributed by atoms with van der Waals surface area (Å²) in [7, 11) is 0. The molecular weight excluding hydrogens is 266 g/mol. The van der Waals surface area contributed by atoms with Gasteiger partial charge in [-0.1, -0.05) is 18.2 Å². The van der Waals surface area contributed by atoms with Crippen molar-refractivity contribution in [3.05, 3.63) is 30.3 Å². The third-order valence-corrected chi connectivity index (χ3v) is 2.83. The van der Waals surface area contributed by atoms with E-state index in [1.807, 2.05) is 51.1 Å². The summed E-state index contributed by atoms with van der Waals surface area (Å²) in [6.07, 6.45) is 0. The molecule has 1 aromatic rings. The van der Waals surface area contributed by atoms with Gasteiger partial charge >= 0.3 is 0 Å². The molecule has 0 aromatic heterocycles. The highest BCUT2D eigenvalue weighted by molar-refractivity contribution is 5.95. The lowest BCUT2D eigenvalue weighted by Gasteiger charge is -2.25. The molecule has 5 heteroatoms. The molecule has 2 unspecified atom stereocenters. The number of nitrogens with one attached hydrogen (secondary N) is 3. The number of carbonyl (C=O) groups excluding carboxylic acids is 2. The fraction of sp³-hybridized carbons (Fsp3) is 0.500. The first-order valence-corrected chi connectivity index (χ1v) is 7.13. The molecule has 2 atom stereocenters. The third-order valence-electron chi connectivity index (χ3n) is 2.83. The molecular formula is C16H25N3O2. The molecule has 0 aliphatic carbocycles. The van der Waals surface area contributed by atoms with E-state index in [0.717, 1.165) is 5.69 Å². The summed E-state index contributed by atoms with van der Waals surface area (Å²) in [4.78, 5) is 24.0. The lowest BCUT2D eigenvalue weighted by molar-refractivity contribution is -0.124. The molecule has 0 heterocycles. The summed E-state index contributed by atoms with van der Waals surface area (Å²) in [5, 5.41) is 8.68. The van der Waals surface area contributed by atoms with E-state index in [2.05, 4.69) is 16.0 Å². The van der Waals surface area contributed by atoms with Crippen LogP contribution in [0.1, 0.15) is 34.6 Å². The predicted molar refractivity (Wildman–Crippen MR) is 85.0 cm³/mol. The van der Waals surface area contributed by atoms with Crippen LogP contribution in [0.5, 0.6) is 0 Å². The van der Waals surface area contributed by atoms with E-state index in [1.54, 1.807) is 13.8 Å². The molecule has 116 valence electrons. The molecule has 21 heavy (non-hydrogen) atoms. The van der Waals surface area contributed by atoms with Crippen molar-refractivity contribution in [2.45, 2.75) is 52.2 Å². The van der Waals surface area contributed by atoms with Gasteiger partial charge in [-0.15, -0.1) is 0 Å². The Morgan fingerprint density at radius 2 is 1.48 bits per heavy atom. The van der Waals surface area contributed by atoms with E-state index in [9.17, 15) is 9.59 Å². The van der Waals surface area contributed by atoms with Crippen molar-refractivity contribution in [2.75, 3.05) is 5.32 Å². The molecule has 3 N–H and O–H groups in total. The SMILES string of the molecule is CC(NC(C)C(=O)NC(C)(C)C)C(=O)Nc1ccccc1. The maximum absolute atomic E-state index is 12.1. The van der Waals surface area contributed by atoms with Gasteiger partial charge < -0.3 is 10.6 Å². The average Bonchev–Trinajstić information content (AvgIpc) is 2.37. The number of carbonyl (C=O) groups is 2. The Hall–Kier alpha value is -1.88. The number of benzene rings is 1. The van der Waals surface area contributed by atoms with Crippen molar-refractivity contribution in [2.24, 2.45) is 0 Å². The van der Waals surface area contributed by atoms with E-state index in [0.29, 0.717) is 0 Å². The number of rotatable bonds is 5. The minimum absolute atomic E-state index is 0.123. The van der Waals surface area contributed by atoms with Crippen LogP contribution in [-0.4, -0.2) is 29.4 Å². The van der Waals surface area contributed by atoms with Crippen molar-refractivity contribution < 1.29 is 9.59 Å². The monoisotopic (exact) mass is 291 g/mol. The zero-order chi connectivity index (χ0) is 16.0. The van der Waals surface area contributed by atoms with Crippen LogP contribution >= 0.6 is 0 Å². The molecule has 0 radical (unpaired) electrons. The van der Waals surface area contributed by atoms with E-state index >= 15 is 0 Å². The molecule has 2 amide bonds. The molecule has 0 saturated carbocycles. The van der Waals surface area contributed by atoms with Gasteiger partial charge in [0, 0.05) is 11.2 Å². The Labute approximate surface area is 126 Å². The number of anilines is 1. The number of amides is 2. The first kappa shape index (κ1) is 17.2. The topological polar surface area (TPSA) is 70.2 Å². The summed E-state index contributed by atoms with van der Waals surface area (Å²) in [6, 6.07) is 8.32. The van der Waals surface area contributed by atoms with E-state index in [4.69, 9.17) is 0 Å². The average molecular weight is 291 g/mol. The lowest BCUT2D eigenvalue weighted by atomic mass is 10.1. The van der Waals surface area contributed by atoms with Gasteiger partial charge in [-0.2, -0.15) is 0 Å². The van der Waals surface area contributed by atoms with Crippen molar-refractivity contribution >= 4 is 17.5 Å². The van der Waals surface area contributed by atoms with E-state index in [-0.39, 0.29) is 17.4 Å². The second-order valence-electron chi connectivity index (χ2n) is 6.20. The van der Waals surface area contributed by atoms with Gasteiger partial charge in [0.15, 0.2) is 0 Å². The first-order valence-electron chi connectivity index (χ1n) is 7.13. The zero-order valence-corrected chi connectivity index (χ0v) is 13.4. The van der Waals surface area contributed by atoms with Gasteiger partial charge in [-0.05, 0) is 46.8 Å². The lowest BCUT2D eigenvalue weighted by Crippen LogP contribution is -2.53. The van der Waals surface area contributed by atoms with Gasteiger partial charge in [-0.25, -0.2) is 0 Å². The maximum atomic E-state index is 12.1. The van der Waals surface area contributed by atoms with Crippen LogP contribution in [-0.2, 0) is 9.59 Å². The van der Waals surface area contributed by atoms with Crippen LogP contribution in [0.15, 0.2) is 30.3 Å². The summed E-state index contributed by atoms with van der Waals surface area (Å²) in [6.45, 7) is 9.24. The normalized spacial score (nSPS) is 14.1. The van der Waals surface area contributed by atoms with E-state index in [1.165, 1.54) is 0 Å². The Balaban J connectivity index is 2.50. The molecule has 0 fully saturated rings. The molecule has 0 saturated heterocycles. The predicted octanol–water partition coefficient (Wildman–Crippen LogP) is 1.91. The summed E-state index contributed by atoms with van der Waals surface area (Å²) in [5.41, 5.74) is 0.450.